The normalized spacial score (nSPS) is 10.3. The Morgan fingerprint density at radius 2 is 2.40 bits per heavy atom. The fourth-order valence-electron chi connectivity index (χ4n) is 1.40. The van der Waals surface area contributed by atoms with Gasteiger partial charge in [0, 0.05) is 37.1 Å². The molecule has 0 unspecified atom stereocenters. The van der Waals surface area contributed by atoms with E-state index >= 15 is 0 Å². The van der Waals surface area contributed by atoms with E-state index in [0.29, 0.717) is 18.3 Å². The molecule has 0 spiro atoms. The van der Waals surface area contributed by atoms with Gasteiger partial charge in [-0.3, -0.25) is 9.48 Å². The molecule has 1 rings (SSSR count). The molecule has 0 atom stereocenters. The fraction of sp³-hybridized carbons (Fsp3) is 0.600. The maximum Gasteiger partial charge on any atom is 0.221 e. The highest BCUT2D eigenvalue weighted by Gasteiger charge is 2.06. The van der Waals surface area contributed by atoms with Gasteiger partial charge < -0.3 is 5.32 Å². The van der Waals surface area contributed by atoms with Crippen molar-refractivity contribution in [3.63, 3.8) is 0 Å². The molecule has 0 aliphatic carbocycles. The van der Waals surface area contributed by atoms with Crippen LogP contribution in [0.2, 0.25) is 0 Å². The lowest BCUT2D eigenvalue weighted by molar-refractivity contribution is -0.120. The summed E-state index contributed by atoms with van der Waals surface area (Å²) in [7, 11) is 1.89. The lowest BCUT2D eigenvalue weighted by Gasteiger charge is -2.02. The molecule has 1 N–H and O–H groups in total. The third-order valence-electron chi connectivity index (χ3n) is 2.12. The minimum atomic E-state index is 0.0674. The van der Waals surface area contributed by atoms with Gasteiger partial charge in [-0.05, 0) is 6.42 Å². The molecule has 1 heterocycles. The Bertz CT molecular complexity index is 335. The standard InChI is InChI=1S/C10H16BrN3O/c1-3-9-8(7-14(2)13-9)6-12-10(15)4-5-11/h7H,3-6H2,1-2H3,(H,12,15). The van der Waals surface area contributed by atoms with Gasteiger partial charge in [0.15, 0.2) is 0 Å². The summed E-state index contributed by atoms with van der Waals surface area (Å²) in [5, 5.41) is 7.88. The molecule has 0 saturated heterocycles. The molecule has 1 amide bonds. The number of halogens is 1. The van der Waals surface area contributed by atoms with Crippen molar-refractivity contribution in [2.45, 2.75) is 26.3 Å². The van der Waals surface area contributed by atoms with Gasteiger partial charge in [-0.2, -0.15) is 5.10 Å². The summed E-state index contributed by atoms with van der Waals surface area (Å²) < 4.78 is 1.78. The number of hydrogen-bond acceptors (Lipinski definition) is 2. The van der Waals surface area contributed by atoms with E-state index in [1.165, 1.54) is 0 Å². The number of alkyl halides is 1. The minimum absolute atomic E-state index is 0.0674. The number of nitrogens with one attached hydrogen (secondary N) is 1. The van der Waals surface area contributed by atoms with Crippen LogP contribution in [0.3, 0.4) is 0 Å². The number of nitrogens with zero attached hydrogens (tertiary/aromatic N) is 2. The van der Waals surface area contributed by atoms with E-state index in [2.05, 4.69) is 33.3 Å². The van der Waals surface area contributed by atoms with Gasteiger partial charge in [0.25, 0.3) is 0 Å². The zero-order valence-electron chi connectivity index (χ0n) is 9.09. The van der Waals surface area contributed by atoms with E-state index in [9.17, 15) is 4.79 Å². The molecule has 1 aromatic heterocycles. The first kappa shape index (κ1) is 12.2. The summed E-state index contributed by atoms with van der Waals surface area (Å²) >= 11 is 3.23. The zero-order valence-corrected chi connectivity index (χ0v) is 10.7. The molecule has 0 aliphatic heterocycles. The van der Waals surface area contributed by atoms with Crippen LogP contribution in [0, 0.1) is 0 Å². The van der Waals surface area contributed by atoms with E-state index in [1.54, 1.807) is 4.68 Å². The van der Waals surface area contributed by atoms with Crippen LogP contribution < -0.4 is 5.32 Å². The van der Waals surface area contributed by atoms with Gasteiger partial charge in [-0.25, -0.2) is 0 Å². The highest BCUT2D eigenvalue weighted by molar-refractivity contribution is 9.09. The Balaban J connectivity index is 2.52. The number of hydrogen-bond donors (Lipinski definition) is 1. The molecule has 0 fully saturated rings. The largest absolute Gasteiger partial charge is 0.352 e. The molecule has 0 radical (unpaired) electrons. The van der Waals surface area contributed by atoms with Gasteiger partial charge in [-0.1, -0.05) is 22.9 Å². The summed E-state index contributed by atoms with van der Waals surface area (Å²) in [4.78, 5) is 11.3. The lowest BCUT2D eigenvalue weighted by atomic mass is 10.2. The van der Waals surface area contributed by atoms with Crippen molar-refractivity contribution in [2.75, 3.05) is 5.33 Å². The van der Waals surface area contributed by atoms with Gasteiger partial charge in [0.1, 0.15) is 0 Å². The minimum Gasteiger partial charge on any atom is -0.352 e. The second-order valence-corrected chi connectivity index (χ2v) is 4.14. The summed E-state index contributed by atoms with van der Waals surface area (Å²) in [6.45, 7) is 2.63. The van der Waals surface area contributed by atoms with Crippen molar-refractivity contribution < 1.29 is 4.79 Å². The molecule has 0 aromatic carbocycles. The van der Waals surface area contributed by atoms with Crippen molar-refractivity contribution in [3.8, 4) is 0 Å². The Morgan fingerprint density at radius 1 is 1.67 bits per heavy atom. The molecule has 0 aliphatic rings. The van der Waals surface area contributed by atoms with E-state index in [1.807, 2.05) is 13.2 Å². The molecule has 15 heavy (non-hydrogen) atoms. The van der Waals surface area contributed by atoms with Crippen LogP contribution in [-0.4, -0.2) is 21.0 Å². The van der Waals surface area contributed by atoms with E-state index in [-0.39, 0.29) is 5.91 Å². The predicted octanol–water partition coefficient (Wildman–Crippen LogP) is 1.38. The van der Waals surface area contributed by atoms with Crippen LogP contribution in [0.5, 0.6) is 0 Å². The van der Waals surface area contributed by atoms with Crippen LogP contribution in [0.1, 0.15) is 24.6 Å². The second kappa shape index (κ2) is 5.90. The first-order chi connectivity index (χ1) is 7.17. The number of carbonyl (C=O) groups is 1. The van der Waals surface area contributed by atoms with Gasteiger partial charge >= 0.3 is 0 Å². The van der Waals surface area contributed by atoms with Gasteiger partial charge in [-0.15, -0.1) is 0 Å². The zero-order chi connectivity index (χ0) is 11.3. The maximum atomic E-state index is 11.3. The third-order valence-corrected chi connectivity index (χ3v) is 2.52. The molecule has 0 bridgehead atoms. The van der Waals surface area contributed by atoms with Crippen LogP contribution in [0.4, 0.5) is 0 Å². The van der Waals surface area contributed by atoms with Crippen molar-refractivity contribution in [2.24, 2.45) is 7.05 Å². The molecular weight excluding hydrogens is 258 g/mol. The smallest absolute Gasteiger partial charge is 0.221 e. The highest BCUT2D eigenvalue weighted by atomic mass is 79.9. The van der Waals surface area contributed by atoms with Crippen LogP contribution in [0.25, 0.3) is 0 Å². The topological polar surface area (TPSA) is 46.9 Å². The number of carbonyl (C=O) groups excluding carboxylic acids is 1. The predicted molar refractivity (Wildman–Crippen MR) is 62.8 cm³/mol. The van der Waals surface area contributed by atoms with Crippen LogP contribution >= 0.6 is 15.9 Å². The SMILES string of the molecule is CCc1nn(C)cc1CNC(=O)CCBr. The monoisotopic (exact) mass is 273 g/mol. The lowest BCUT2D eigenvalue weighted by Crippen LogP contribution is -2.23. The maximum absolute atomic E-state index is 11.3. The van der Waals surface area contributed by atoms with Crippen molar-refractivity contribution in [3.05, 3.63) is 17.5 Å². The average molecular weight is 274 g/mol. The molecule has 4 nitrogen and oxygen atoms in total. The van der Waals surface area contributed by atoms with Gasteiger partial charge in [0.2, 0.25) is 5.91 Å². The molecule has 84 valence electrons. The fourth-order valence-corrected chi connectivity index (χ4v) is 1.76. The Labute approximate surface area is 98.2 Å². The summed E-state index contributed by atoms with van der Waals surface area (Å²) in [6.07, 6.45) is 3.36. The Kier molecular flexibility index (Phi) is 4.81. The van der Waals surface area contributed by atoms with Crippen molar-refractivity contribution in [1.82, 2.24) is 15.1 Å². The van der Waals surface area contributed by atoms with E-state index in [4.69, 9.17) is 0 Å². The van der Waals surface area contributed by atoms with Crippen molar-refractivity contribution >= 4 is 21.8 Å². The Hall–Kier alpha value is -0.840. The molecule has 0 saturated carbocycles. The van der Waals surface area contributed by atoms with Crippen LogP contribution in [-0.2, 0) is 24.8 Å². The highest BCUT2D eigenvalue weighted by Crippen LogP contribution is 2.06. The van der Waals surface area contributed by atoms with E-state index < -0.39 is 0 Å². The van der Waals surface area contributed by atoms with Crippen molar-refractivity contribution in [1.29, 1.82) is 0 Å². The second-order valence-electron chi connectivity index (χ2n) is 3.34. The number of aryl methyl sites for hydroxylation is 2. The molecule has 5 heteroatoms. The first-order valence-electron chi connectivity index (χ1n) is 5.01. The number of rotatable bonds is 5. The summed E-state index contributed by atoms with van der Waals surface area (Å²) in [6, 6.07) is 0. The summed E-state index contributed by atoms with van der Waals surface area (Å²) in [5.41, 5.74) is 2.15. The summed E-state index contributed by atoms with van der Waals surface area (Å²) in [5.74, 6) is 0.0674. The Morgan fingerprint density at radius 3 is 3.00 bits per heavy atom. The average Bonchev–Trinajstić information content (AvgIpc) is 2.56. The third kappa shape index (κ3) is 3.66. The molecule has 1 aromatic rings. The van der Waals surface area contributed by atoms with Gasteiger partial charge in [0.05, 0.1) is 5.69 Å². The van der Waals surface area contributed by atoms with E-state index in [0.717, 1.165) is 17.7 Å². The van der Waals surface area contributed by atoms with Crippen LogP contribution in [0.15, 0.2) is 6.20 Å². The first-order valence-corrected chi connectivity index (χ1v) is 6.13. The quantitative estimate of drug-likeness (QED) is 0.825. The number of aromatic nitrogens is 2. The molecular formula is C10H16BrN3O. The number of amides is 1.